The Hall–Kier alpha value is -8.03. The third-order valence-corrected chi connectivity index (χ3v) is 20.8. The third kappa shape index (κ3) is 10.5. The molecular formula is C49H48GeN6O16S. The molecule has 73 heavy (non-hydrogen) atoms. The number of amides is 4. The Morgan fingerprint density at radius 3 is 1.59 bits per heavy atom. The summed E-state index contributed by atoms with van der Waals surface area (Å²) in [6.07, 6.45) is -1.18. The van der Waals surface area contributed by atoms with Gasteiger partial charge in [-0.2, -0.15) is 8.42 Å². The second-order valence-electron chi connectivity index (χ2n) is 17.7. The molecule has 0 fully saturated rings. The summed E-state index contributed by atoms with van der Waals surface area (Å²) in [4.78, 5) is 104. The Labute approximate surface area is 420 Å². The maximum absolute atomic E-state index is 14.0. The first-order chi connectivity index (χ1) is 34.4. The quantitative estimate of drug-likeness (QED) is 0.0206. The first kappa shape index (κ1) is 52.8. The zero-order valence-corrected chi connectivity index (χ0v) is 43.1. The fourth-order valence-corrected chi connectivity index (χ4v) is 15.8. The molecule has 2 aliphatic rings. The second-order valence-corrected chi connectivity index (χ2v) is 28.3. The molecule has 0 bridgehead atoms. The van der Waals surface area contributed by atoms with Crippen molar-refractivity contribution >= 4 is 90.7 Å². The average Bonchev–Trinajstić information content (AvgIpc) is 3.65. The number of nitrogens with zero attached hydrogens (tertiary/aromatic N) is 4. The van der Waals surface area contributed by atoms with Crippen LogP contribution in [0.4, 0.5) is 32.3 Å². The van der Waals surface area contributed by atoms with Crippen molar-refractivity contribution in [2.45, 2.75) is 50.6 Å². The van der Waals surface area contributed by atoms with Gasteiger partial charge in [0.2, 0.25) is 0 Å². The molecule has 1 atom stereocenters. The Balaban J connectivity index is 1.22. The molecular weight excluding hydrogens is 1030 g/mol. The van der Waals surface area contributed by atoms with Crippen LogP contribution in [0.1, 0.15) is 89.5 Å². The summed E-state index contributed by atoms with van der Waals surface area (Å²) >= 11 is -3.75. The van der Waals surface area contributed by atoms with E-state index in [4.69, 9.17) is 18.8 Å². The summed E-state index contributed by atoms with van der Waals surface area (Å²) in [7, 11) is -1.53. The van der Waals surface area contributed by atoms with Gasteiger partial charge in [-0.1, -0.05) is 6.92 Å². The van der Waals surface area contributed by atoms with Crippen molar-refractivity contribution in [3.05, 3.63) is 161 Å². The number of benzene rings is 5. The molecule has 2 heterocycles. The van der Waals surface area contributed by atoms with Gasteiger partial charge in [0.05, 0.1) is 5.75 Å². The monoisotopic (exact) mass is 1080 g/mol. The van der Waals surface area contributed by atoms with Crippen LogP contribution in [0.25, 0.3) is 0 Å². The van der Waals surface area contributed by atoms with Crippen molar-refractivity contribution in [2.24, 2.45) is 0 Å². The average molecular weight is 1080 g/mol. The first-order valence-electron chi connectivity index (χ1n) is 22.5. The zero-order valence-electron chi connectivity index (χ0n) is 40.2. The molecule has 3 N–H and O–H groups in total. The minimum atomic E-state index is -4.38. The second kappa shape index (κ2) is 20.6. The molecule has 5 aromatic carbocycles. The molecule has 0 aliphatic carbocycles. The van der Waals surface area contributed by atoms with E-state index in [0.717, 1.165) is 31.9 Å². The van der Waals surface area contributed by atoms with Gasteiger partial charge < -0.3 is 0 Å². The normalized spacial score (nSPS) is 14.9. The van der Waals surface area contributed by atoms with Crippen LogP contribution in [0, 0.1) is 20.2 Å². The van der Waals surface area contributed by atoms with Gasteiger partial charge in [0.25, 0.3) is 10.1 Å². The van der Waals surface area contributed by atoms with Gasteiger partial charge in [0.15, 0.2) is 0 Å². The number of fused-ring (bicyclic) bond motifs is 6. The van der Waals surface area contributed by atoms with E-state index in [1.165, 1.54) is 50.2 Å². The topological polar surface area (TPSA) is 301 Å². The van der Waals surface area contributed by atoms with Crippen molar-refractivity contribution in [1.82, 2.24) is 10.6 Å². The minimum absolute atomic E-state index is 0.0104. The number of ketones is 1. The zero-order chi connectivity index (χ0) is 53.3. The van der Waals surface area contributed by atoms with Crippen molar-refractivity contribution in [3.8, 4) is 0 Å². The number of ether oxygens (including phenoxy) is 3. The number of anilines is 2. The predicted octanol–water partition coefficient (Wildman–Crippen LogP) is 5.61. The number of hydrogen-bond donors (Lipinski definition) is 3. The predicted molar refractivity (Wildman–Crippen MR) is 266 cm³/mol. The molecule has 0 aromatic heterocycles. The number of nitro benzene ring substituents is 2. The fraction of sp³-hybridized carbons (Fsp3) is 0.265. The SMILES string of the molecule is CCCNC(=O)c1ccc([N+](=O)[O-])c(COC(=O)N(C)c2ccc3[c](c2)[Ge]([CH3])([CH3])[c]2cc(N(C)C(=O)OCc4cc(C(=O)NCCS(=O)(=O)O)ccc4[N+](=O)[O-])ccc2C32OC(=O)c3cc(C(C)=O)ccc32)c1. The number of nitrogens with one attached hydrogen (secondary N) is 2. The van der Waals surface area contributed by atoms with E-state index in [1.54, 1.807) is 48.5 Å². The molecule has 24 heteroatoms. The molecule has 380 valence electrons. The third-order valence-electron chi connectivity index (χ3n) is 12.7. The first-order valence-corrected chi connectivity index (χ1v) is 30.4. The summed E-state index contributed by atoms with van der Waals surface area (Å²) in [5.74, 6) is 1.10. The van der Waals surface area contributed by atoms with E-state index in [2.05, 4.69) is 22.1 Å². The molecule has 0 radical (unpaired) electrons. The van der Waals surface area contributed by atoms with Gasteiger partial charge in [-0.05, 0) is 6.42 Å². The standard InChI is InChI=1S/C49H48GeN6O16S/c1-7-18-51-44(58)30-9-16-42(55(63)64)32(21-30)26-70-47(61)53(5)34-11-14-38-40(24-34)50(3,4)41-25-35(12-15-39(41)49(38)37-13-8-29(28(2)57)23-36(37)46(60)72-49)54(6)48(62)71-27-33-22-31(10-17-43(33)56(65)66)45(59)52-19-20-73(67,68)69/h8-17,21-25H,7,18-20,26-27H2,1-6H3,(H,51,58)(H,52,59)(H,67,68,69). The van der Waals surface area contributed by atoms with Gasteiger partial charge >= 0.3 is 366 Å². The molecule has 2 aliphatic heterocycles. The summed E-state index contributed by atoms with van der Waals surface area (Å²) in [6.45, 7) is 1.97. The van der Waals surface area contributed by atoms with Gasteiger partial charge in [-0.3, -0.25) is 4.55 Å². The molecule has 1 spiro atoms. The van der Waals surface area contributed by atoms with Gasteiger partial charge in [-0.25, -0.2) is 0 Å². The van der Waals surface area contributed by atoms with Crippen LogP contribution in [0.3, 0.4) is 0 Å². The number of carbonyl (C=O) groups excluding carboxylic acids is 6. The fourth-order valence-electron chi connectivity index (χ4n) is 8.77. The number of esters is 1. The van der Waals surface area contributed by atoms with Crippen LogP contribution >= 0.6 is 0 Å². The van der Waals surface area contributed by atoms with E-state index >= 15 is 0 Å². The van der Waals surface area contributed by atoms with Crippen LogP contribution in [0.2, 0.25) is 11.5 Å². The van der Waals surface area contributed by atoms with E-state index < -0.39 is 100 Å². The number of nitro groups is 2. The van der Waals surface area contributed by atoms with E-state index in [0.29, 0.717) is 41.0 Å². The van der Waals surface area contributed by atoms with E-state index in [-0.39, 0.29) is 44.9 Å². The van der Waals surface area contributed by atoms with Gasteiger partial charge in [0.1, 0.15) is 0 Å². The van der Waals surface area contributed by atoms with E-state index in [1.807, 2.05) is 6.92 Å². The summed E-state index contributed by atoms with van der Waals surface area (Å²) in [6, 6.07) is 22.0. The van der Waals surface area contributed by atoms with Crippen LogP contribution in [-0.4, -0.2) is 105 Å². The molecule has 7 rings (SSSR count). The summed E-state index contributed by atoms with van der Waals surface area (Å²) in [5.41, 5.74) is 0.125. The van der Waals surface area contributed by atoms with E-state index in [9.17, 15) is 57.4 Å². The van der Waals surface area contributed by atoms with Crippen LogP contribution in [0.15, 0.2) is 91.0 Å². The maximum atomic E-state index is 14.0. The van der Waals surface area contributed by atoms with Gasteiger partial charge in [0, 0.05) is 13.1 Å². The Morgan fingerprint density at radius 2 is 1.15 bits per heavy atom. The van der Waals surface area contributed by atoms with Crippen molar-refractivity contribution < 1.29 is 65.8 Å². The molecule has 5 aromatic rings. The van der Waals surface area contributed by atoms with Crippen molar-refractivity contribution in [3.63, 3.8) is 0 Å². The Kier molecular flexibility index (Phi) is 14.9. The van der Waals surface area contributed by atoms with Crippen LogP contribution in [-0.2, 0) is 43.1 Å². The number of rotatable bonds is 16. The van der Waals surface area contributed by atoms with Crippen molar-refractivity contribution in [1.29, 1.82) is 0 Å². The summed E-state index contributed by atoms with van der Waals surface area (Å²) < 4.78 is 50.3. The van der Waals surface area contributed by atoms with Gasteiger partial charge in [-0.15, -0.1) is 0 Å². The number of Topliss-reactive ketones (excluding diaryl/α,β-unsaturated/α-hetero) is 1. The number of carbonyl (C=O) groups is 6. The molecule has 22 nitrogen and oxygen atoms in total. The summed E-state index contributed by atoms with van der Waals surface area (Å²) in [5, 5.41) is 28.9. The van der Waals surface area contributed by atoms with Crippen LogP contribution in [0.5, 0.6) is 0 Å². The molecule has 1 unspecified atom stereocenters. The molecule has 0 saturated carbocycles. The molecule has 4 amide bonds. The van der Waals surface area contributed by atoms with Crippen molar-refractivity contribution in [2.75, 3.05) is 42.7 Å². The van der Waals surface area contributed by atoms with Crippen LogP contribution < -0.4 is 29.2 Å². The molecule has 0 saturated heterocycles. The Morgan fingerprint density at radius 1 is 0.699 bits per heavy atom. The Bertz CT molecular complexity index is 3290. The number of hydrogen-bond acceptors (Lipinski definition) is 15.